The van der Waals surface area contributed by atoms with Gasteiger partial charge < -0.3 is 9.72 Å². The number of hydrogen-bond acceptors (Lipinski definition) is 3. The lowest BCUT2D eigenvalue weighted by atomic mass is 10.1. The van der Waals surface area contributed by atoms with Gasteiger partial charge in [-0.25, -0.2) is 4.98 Å². The second-order valence-electron chi connectivity index (χ2n) is 5.38. The molecule has 0 atom stereocenters. The first kappa shape index (κ1) is 15.7. The van der Waals surface area contributed by atoms with Gasteiger partial charge >= 0.3 is 0 Å². The summed E-state index contributed by atoms with van der Waals surface area (Å²) >= 11 is 0. The summed E-state index contributed by atoms with van der Waals surface area (Å²) in [4.78, 5) is 19.7. The topological polar surface area (TPSA) is 55.0 Å². The summed E-state index contributed by atoms with van der Waals surface area (Å²) < 4.78 is 5.13. The predicted octanol–water partition coefficient (Wildman–Crippen LogP) is 3.92. The zero-order valence-electron chi connectivity index (χ0n) is 13.6. The smallest absolute Gasteiger partial charge is 0.259 e. The molecule has 0 aliphatic rings. The zero-order valence-corrected chi connectivity index (χ0v) is 13.6. The van der Waals surface area contributed by atoms with E-state index in [4.69, 9.17) is 4.74 Å². The van der Waals surface area contributed by atoms with Gasteiger partial charge in [-0.3, -0.25) is 4.79 Å². The molecule has 0 bridgehead atoms. The Bertz CT molecular complexity index is 911. The standard InChI is InChI=1S/C20H18N2O2/c1-14-19(16-6-4-3-5-7-16)20(23)22-18(21-14)13-10-15-8-11-17(24-2)12-9-15/h3-13H,1-2H3,(H,21,22,23). The number of aryl methyl sites for hydroxylation is 1. The number of nitrogens with zero attached hydrogens (tertiary/aromatic N) is 1. The minimum atomic E-state index is -0.136. The molecular formula is C20H18N2O2. The largest absolute Gasteiger partial charge is 0.497 e. The fourth-order valence-electron chi connectivity index (χ4n) is 2.52. The first-order valence-corrected chi connectivity index (χ1v) is 7.66. The maximum atomic E-state index is 12.4. The first-order valence-electron chi connectivity index (χ1n) is 7.66. The van der Waals surface area contributed by atoms with Crippen LogP contribution in [0.15, 0.2) is 59.4 Å². The number of H-pyrrole nitrogens is 1. The molecule has 0 radical (unpaired) electrons. The van der Waals surface area contributed by atoms with E-state index in [0.29, 0.717) is 17.1 Å². The van der Waals surface area contributed by atoms with Gasteiger partial charge in [0.15, 0.2) is 0 Å². The minimum absolute atomic E-state index is 0.136. The zero-order chi connectivity index (χ0) is 16.9. The third kappa shape index (κ3) is 3.43. The van der Waals surface area contributed by atoms with Crippen molar-refractivity contribution in [2.75, 3.05) is 7.11 Å². The van der Waals surface area contributed by atoms with Crippen LogP contribution in [0.3, 0.4) is 0 Å². The van der Waals surface area contributed by atoms with Gasteiger partial charge in [-0.2, -0.15) is 0 Å². The normalized spacial score (nSPS) is 10.9. The molecule has 0 amide bonds. The Kier molecular flexibility index (Phi) is 4.57. The monoisotopic (exact) mass is 318 g/mol. The van der Waals surface area contributed by atoms with Gasteiger partial charge in [0, 0.05) is 0 Å². The molecule has 2 aromatic carbocycles. The number of methoxy groups -OCH3 is 1. The van der Waals surface area contributed by atoms with Crippen LogP contribution in [0.1, 0.15) is 17.1 Å². The lowest BCUT2D eigenvalue weighted by Crippen LogP contribution is -2.14. The van der Waals surface area contributed by atoms with Crippen molar-refractivity contribution in [2.24, 2.45) is 0 Å². The van der Waals surface area contributed by atoms with Crippen LogP contribution in [0.25, 0.3) is 23.3 Å². The van der Waals surface area contributed by atoms with E-state index in [9.17, 15) is 4.79 Å². The number of rotatable bonds is 4. The summed E-state index contributed by atoms with van der Waals surface area (Å²) in [6, 6.07) is 17.2. The fourth-order valence-corrected chi connectivity index (χ4v) is 2.52. The molecule has 0 saturated carbocycles. The SMILES string of the molecule is COc1ccc(C=Cc2nc(C)c(-c3ccccc3)c(=O)[nH]2)cc1. The van der Waals surface area contributed by atoms with Gasteiger partial charge in [0.2, 0.25) is 0 Å². The van der Waals surface area contributed by atoms with Crippen molar-refractivity contribution < 1.29 is 4.74 Å². The summed E-state index contributed by atoms with van der Waals surface area (Å²) in [6.45, 7) is 1.85. The Labute approximate surface area is 140 Å². The number of benzene rings is 2. The van der Waals surface area contributed by atoms with E-state index in [-0.39, 0.29) is 5.56 Å². The second kappa shape index (κ2) is 6.96. The first-order chi connectivity index (χ1) is 11.7. The van der Waals surface area contributed by atoms with Gasteiger partial charge in [0.25, 0.3) is 5.56 Å². The number of aromatic nitrogens is 2. The van der Waals surface area contributed by atoms with Crippen molar-refractivity contribution in [2.45, 2.75) is 6.92 Å². The van der Waals surface area contributed by atoms with E-state index in [2.05, 4.69) is 9.97 Å². The summed E-state index contributed by atoms with van der Waals surface area (Å²) in [5.74, 6) is 1.34. The fraction of sp³-hybridized carbons (Fsp3) is 0.100. The molecule has 0 aliphatic carbocycles. The van der Waals surface area contributed by atoms with Gasteiger partial charge in [-0.05, 0) is 36.3 Å². The van der Waals surface area contributed by atoms with Crippen LogP contribution in [0, 0.1) is 6.92 Å². The summed E-state index contributed by atoms with van der Waals surface area (Å²) in [5.41, 5.74) is 3.05. The average molecular weight is 318 g/mol. The van der Waals surface area contributed by atoms with Crippen LogP contribution in [0.5, 0.6) is 5.75 Å². The Morgan fingerprint density at radius 3 is 2.33 bits per heavy atom. The van der Waals surface area contributed by atoms with Crippen molar-refractivity contribution in [1.29, 1.82) is 0 Å². The lowest BCUT2D eigenvalue weighted by molar-refractivity contribution is 0.415. The van der Waals surface area contributed by atoms with Crippen molar-refractivity contribution in [3.8, 4) is 16.9 Å². The molecule has 1 aromatic heterocycles. The highest BCUT2D eigenvalue weighted by atomic mass is 16.5. The van der Waals surface area contributed by atoms with Crippen molar-refractivity contribution in [3.63, 3.8) is 0 Å². The lowest BCUT2D eigenvalue weighted by Gasteiger charge is -2.05. The van der Waals surface area contributed by atoms with Crippen molar-refractivity contribution in [3.05, 3.63) is 82.0 Å². The Morgan fingerprint density at radius 2 is 1.71 bits per heavy atom. The molecule has 120 valence electrons. The minimum Gasteiger partial charge on any atom is -0.497 e. The third-order valence-electron chi connectivity index (χ3n) is 3.73. The maximum absolute atomic E-state index is 12.4. The Balaban J connectivity index is 1.90. The third-order valence-corrected chi connectivity index (χ3v) is 3.73. The van der Waals surface area contributed by atoms with Crippen LogP contribution in [0.2, 0.25) is 0 Å². The molecule has 0 unspecified atom stereocenters. The van der Waals surface area contributed by atoms with E-state index in [0.717, 1.165) is 16.9 Å². The highest BCUT2D eigenvalue weighted by Gasteiger charge is 2.08. The van der Waals surface area contributed by atoms with Crippen LogP contribution in [-0.2, 0) is 0 Å². The number of nitrogens with one attached hydrogen (secondary N) is 1. The summed E-state index contributed by atoms with van der Waals surface area (Å²) in [6.07, 6.45) is 3.70. The molecule has 0 fully saturated rings. The van der Waals surface area contributed by atoms with E-state index < -0.39 is 0 Å². The van der Waals surface area contributed by atoms with Crippen LogP contribution < -0.4 is 10.3 Å². The highest BCUT2D eigenvalue weighted by Crippen LogP contribution is 2.18. The average Bonchev–Trinajstić information content (AvgIpc) is 2.61. The molecule has 3 rings (SSSR count). The van der Waals surface area contributed by atoms with E-state index in [1.165, 1.54) is 0 Å². The van der Waals surface area contributed by atoms with Crippen LogP contribution in [-0.4, -0.2) is 17.1 Å². The molecule has 0 spiro atoms. The number of hydrogen-bond donors (Lipinski definition) is 1. The molecule has 1 N–H and O–H groups in total. The molecule has 1 heterocycles. The molecular weight excluding hydrogens is 300 g/mol. The van der Waals surface area contributed by atoms with Gasteiger partial charge in [-0.1, -0.05) is 48.5 Å². The molecule has 4 nitrogen and oxygen atoms in total. The number of aromatic amines is 1. The molecule has 3 aromatic rings. The molecule has 0 aliphatic heterocycles. The van der Waals surface area contributed by atoms with Crippen molar-refractivity contribution >= 4 is 12.2 Å². The van der Waals surface area contributed by atoms with Gasteiger partial charge in [0.05, 0.1) is 18.4 Å². The van der Waals surface area contributed by atoms with E-state index in [1.807, 2.05) is 67.6 Å². The summed E-state index contributed by atoms with van der Waals surface area (Å²) in [5, 5.41) is 0. The summed E-state index contributed by atoms with van der Waals surface area (Å²) in [7, 11) is 1.64. The molecule has 24 heavy (non-hydrogen) atoms. The quantitative estimate of drug-likeness (QED) is 0.793. The number of ether oxygens (including phenoxy) is 1. The van der Waals surface area contributed by atoms with Gasteiger partial charge in [-0.15, -0.1) is 0 Å². The van der Waals surface area contributed by atoms with Crippen LogP contribution in [0.4, 0.5) is 0 Å². The van der Waals surface area contributed by atoms with Crippen LogP contribution >= 0.6 is 0 Å². The maximum Gasteiger partial charge on any atom is 0.259 e. The van der Waals surface area contributed by atoms with Gasteiger partial charge in [0.1, 0.15) is 11.6 Å². The Hall–Kier alpha value is -3.14. The molecule has 4 heteroatoms. The Morgan fingerprint density at radius 1 is 1.00 bits per heavy atom. The van der Waals surface area contributed by atoms with E-state index >= 15 is 0 Å². The van der Waals surface area contributed by atoms with E-state index in [1.54, 1.807) is 13.2 Å². The van der Waals surface area contributed by atoms with Crippen molar-refractivity contribution in [1.82, 2.24) is 9.97 Å². The molecule has 0 saturated heterocycles. The predicted molar refractivity (Wildman–Crippen MR) is 97.0 cm³/mol. The second-order valence-corrected chi connectivity index (χ2v) is 5.38. The highest BCUT2D eigenvalue weighted by molar-refractivity contribution is 5.69.